The lowest BCUT2D eigenvalue weighted by molar-refractivity contribution is -0.0856. The number of fused-ring (bicyclic) bond motifs is 1. The zero-order chi connectivity index (χ0) is 24.6. The molecular formula is C25H34N8O3. The lowest BCUT2D eigenvalue weighted by Crippen LogP contribution is -2.53. The van der Waals surface area contributed by atoms with Crippen LogP contribution in [0.5, 0.6) is 0 Å². The molecule has 0 saturated carbocycles. The molecule has 3 saturated heterocycles. The first-order valence-corrected chi connectivity index (χ1v) is 13.0. The number of ether oxygens (including phenoxy) is 2. The zero-order valence-electron chi connectivity index (χ0n) is 20.9. The Balaban J connectivity index is 1.23. The van der Waals surface area contributed by atoms with Gasteiger partial charge >= 0.3 is 0 Å². The summed E-state index contributed by atoms with van der Waals surface area (Å²) in [4.78, 5) is 33.0. The number of rotatable bonds is 4. The Labute approximate surface area is 210 Å². The molecule has 1 amide bonds. The van der Waals surface area contributed by atoms with Gasteiger partial charge in [0, 0.05) is 57.1 Å². The van der Waals surface area contributed by atoms with Crippen LogP contribution in [0.25, 0.3) is 22.4 Å². The number of pyridine rings is 1. The molecule has 3 aliphatic rings. The van der Waals surface area contributed by atoms with Crippen LogP contribution in [0.3, 0.4) is 0 Å². The molecule has 0 aromatic carbocycles. The maximum absolute atomic E-state index is 13.5. The van der Waals surface area contributed by atoms with Crippen molar-refractivity contribution < 1.29 is 14.3 Å². The van der Waals surface area contributed by atoms with Crippen molar-refractivity contribution in [1.82, 2.24) is 34.9 Å². The predicted octanol–water partition coefficient (Wildman–Crippen LogP) is 1.90. The van der Waals surface area contributed by atoms with Gasteiger partial charge in [-0.15, -0.1) is 0 Å². The third-order valence-electron chi connectivity index (χ3n) is 7.50. The first-order chi connectivity index (χ1) is 17.5. The van der Waals surface area contributed by atoms with Crippen molar-refractivity contribution in [2.75, 3.05) is 57.4 Å². The molecule has 6 heterocycles. The molecule has 0 spiro atoms. The summed E-state index contributed by atoms with van der Waals surface area (Å²) in [7, 11) is 0. The number of carbonyl (C=O) groups excluding carboxylic acids is 1. The van der Waals surface area contributed by atoms with E-state index in [2.05, 4.69) is 43.8 Å². The molecule has 11 heteroatoms. The summed E-state index contributed by atoms with van der Waals surface area (Å²) in [5.41, 5.74) is 3.98. The molecule has 3 aliphatic heterocycles. The number of anilines is 1. The van der Waals surface area contributed by atoms with Crippen LogP contribution >= 0.6 is 0 Å². The van der Waals surface area contributed by atoms with Crippen molar-refractivity contribution in [3.05, 3.63) is 24.3 Å². The Morgan fingerprint density at radius 1 is 1.06 bits per heavy atom. The highest BCUT2D eigenvalue weighted by Gasteiger charge is 2.33. The number of carbonyl (C=O) groups is 1. The standard InChI is InChI=1S/C25H34N8O3/c1-16-14-33(15-17(2)36-16)19-3-5-32(6-4-19)25(34)24-29-22-21(31-7-9-35-10-8-31)11-20(28-23(22)30-24)18-12-26-27-13-18/h11-13,16-17,19H,3-10,14-15H2,1-2H3,(H,26,27)(H,28,29,30). The minimum atomic E-state index is -0.0621. The van der Waals surface area contributed by atoms with Gasteiger partial charge in [-0.2, -0.15) is 5.10 Å². The highest BCUT2D eigenvalue weighted by molar-refractivity contribution is 5.97. The molecule has 11 nitrogen and oxygen atoms in total. The second-order valence-corrected chi connectivity index (χ2v) is 10.1. The summed E-state index contributed by atoms with van der Waals surface area (Å²) in [5.74, 6) is 0.288. The topological polar surface area (TPSA) is 115 Å². The molecular weight excluding hydrogens is 460 g/mol. The van der Waals surface area contributed by atoms with Crippen LogP contribution in [0.4, 0.5) is 5.69 Å². The van der Waals surface area contributed by atoms with Crippen molar-refractivity contribution in [1.29, 1.82) is 0 Å². The molecule has 3 aromatic heterocycles. The number of aromatic amines is 2. The van der Waals surface area contributed by atoms with Gasteiger partial charge in [-0.3, -0.25) is 14.8 Å². The fraction of sp³-hybridized carbons (Fsp3) is 0.600. The summed E-state index contributed by atoms with van der Waals surface area (Å²) in [6.45, 7) is 10.5. The highest BCUT2D eigenvalue weighted by atomic mass is 16.5. The van der Waals surface area contributed by atoms with Crippen LogP contribution in [0.1, 0.15) is 37.3 Å². The Kier molecular flexibility index (Phi) is 6.36. The van der Waals surface area contributed by atoms with Crippen molar-refractivity contribution in [3.8, 4) is 11.3 Å². The van der Waals surface area contributed by atoms with Gasteiger partial charge in [0.15, 0.2) is 11.5 Å². The Bertz CT molecular complexity index is 1190. The van der Waals surface area contributed by atoms with Gasteiger partial charge in [-0.1, -0.05) is 0 Å². The average molecular weight is 495 g/mol. The van der Waals surface area contributed by atoms with Gasteiger partial charge in [-0.25, -0.2) is 9.97 Å². The molecule has 0 bridgehead atoms. The lowest BCUT2D eigenvalue weighted by atomic mass is 10.0. The van der Waals surface area contributed by atoms with E-state index in [4.69, 9.17) is 14.5 Å². The fourth-order valence-corrected chi connectivity index (χ4v) is 5.77. The summed E-state index contributed by atoms with van der Waals surface area (Å²) in [5, 5.41) is 6.92. The van der Waals surface area contributed by atoms with E-state index >= 15 is 0 Å². The van der Waals surface area contributed by atoms with Crippen LogP contribution in [-0.4, -0.2) is 112 Å². The minimum Gasteiger partial charge on any atom is -0.378 e. The van der Waals surface area contributed by atoms with Crippen molar-refractivity contribution >= 4 is 22.8 Å². The zero-order valence-corrected chi connectivity index (χ0v) is 20.9. The number of aromatic nitrogens is 5. The molecule has 3 aromatic rings. The van der Waals surface area contributed by atoms with Crippen molar-refractivity contribution in [2.45, 2.75) is 44.9 Å². The van der Waals surface area contributed by atoms with E-state index < -0.39 is 0 Å². The molecule has 192 valence electrons. The molecule has 3 fully saturated rings. The minimum absolute atomic E-state index is 0.0621. The van der Waals surface area contributed by atoms with Crippen molar-refractivity contribution in [3.63, 3.8) is 0 Å². The smallest absolute Gasteiger partial charge is 0.289 e. The molecule has 0 aliphatic carbocycles. The number of nitrogens with one attached hydrogen (secondary N) is 2. The summed E-state index contributed by atoms with van der Waals surface area (Å²) in [6, 6.07) is 2.53. The Hall–Kier alpha value is -3.02. The third kappa shape index (κ3) is 4.58. The molecule has 6 rings (SSSR count). The number of hydrogen-bond donors (Lipinski definition) is 2. The van der Waals surface area contributed by atoms with Crippen LogP contribution in [0, 0.1) is 0 Å². The molecule has 2 atom stereocenters. The first-order valence-electron chi connectivity index (χ1n) is 13.0. The van der Waals surface area contributed by atoms with Gasteiger partial charge in [0.1, 0.15) is 5.52 Å². The number of morpholine rings is 2. The van der Waals surface area contributed by atoms with Gasteiger partial charge in [0.05, 0.1) is 43.0 Å². The number of imidazole rings is 1. The quantitative estimate of drug-likeness (QED) is 0.565. The lowest BCUT2D eigenvalue weighted by Gasteiger charge is -2.43. The third-order valence-corrected chi connectivity index (χ3v) is 7.50. The van der Waals surface area contributed by atoms with Gasteiger partial charge < -0.3 is 24.3 Å². The molecule has 2 N–H and O–H groups in total. The number of amides is 1. The molecule has 2 unspecified atom stereocenters. The van der Waals surface area contributed by atoms with E-state index in [1.54, 1.807) is 6.20 Å². The van der Waals surface area contributed by atoms with Crippen LogP contribution in [0.2, 0.25) is 0 Å². The number of nitrogens with zero attached hydrogens (tertiary/aromatic N) is 6. The number of hydrogen-bond acceptors (Lipinski definition) is 8. The Morgan fingerprint density at radius 2 is 1.81 bits per heavy atom. The summed E-state index contributed by atoms with van der Waals surface area (Å²) in [6.07, 6.45) is 6.00. The van der Waals surface area contributed by atoms with Crippen molar-refractivity contribution in [2.24, 2.45) is 0 Å². The van der Waals surface area contributed by atoms with E-state index in [9.17, 15) is 4.79 Å². The van der Waals surface area contributed by atoms with Gasteiger partial charge in [-0.05, 0) is 32.8 Å². The molecule has 0 radical (unpaired) electrons. The van der Waals surface area contributed by atoms with E-state index in [-0.39, 0.29) is 18.1 Å². The normalized spacial score (nSPS) is 24.5. The van der Waals surface area contributed by atoms with Crippen LogP contribution < -0.4 is 4.90 Å². The average Bonchev–Trinajstić information content (AvgIpc) is 3.58. The van der Waals surface area contributed by atoms with Gasteiger partial charge in [0.2, 0.25) is 0 Å². The van der Waals surface area contributed by atoms with Crippen LogP contribution in [-0.2, 0) is 9.47 Å². The largest absolute Gasteiger partial charge is 0.378 e. The number of likely N-dealkylation sites (tertiary alicyclic amines) is 1. The molecule has 36 heavy (non-hydrogen) atoms. The van der Waals surface area contributed by atoms with E-state index in [1.807, 2.05) is 17.2 Å². The maximum Gasteiger partial charge on any atom is 0.289 e. The SMILES string of the molecule is CC1CN(C2CCN(C(=O)c3nc4nc(-c5cn[nH]c5)cc(N5CCOCC5)c4[nH]3)CC2)CC(C)O1. The van der Waals surface area contributed by atoms with E-state index in [1.165, 1.54) is 0 Å². The fourth-order valence-electron chi connectivity index (χ4n) is 5.77. The first kappa shape index (κ1) is 23.4. The number of piperidine rings is 1. The van der Waals surface area contributed by atoms with E-state index in [0.29, 0.717) is 30.7 Å². The van der Waals surface area contributed by atoms with E-state index in [0.717, 1.165) is 74.6 Å². The van der Waals surface area contributed by atoms with Crippen LogP contribution in [0.15, 0.2) is 18.5 Å². The number of H-pyrrole nitrogens is 2. The maximum atomic E-state index is 13.5. The monoisotopic (exact) mass is 494 g/mol. The summed E-state index contributed by atoms with van der Waals surface area (Å²) < 4.78 is 11.5. The Morgan fingerprint density at radius 3 is 2.50 bits per heavy atom. The second-order valence-electron chi connectivity index (χ2n) is 10.1. The highest BCUT2D eigenvalue weighted by Crippen LogP contribution is 2.31. The summed E-state index contributed by atoms with van der Waals surface area (Å²) >= 11 is 0. The van der Waals surface area contributed by atoms with Gasteiger partial charge in [0.25, 0.3) is 5.91 Å². The second kappa shape index (κ2) is 9.79. The predicted molar refractivity (Wildman–Crippen MR) is 135 cm³/mol.